The van der Waals surface area contributed by atoms with Gasteiger partial charge in [0.05, 0.1) is 11.0 Å². The molecule has 32 heavy (non-hydrogen) atoms. The zero-order valence-electron chi connectivity index (χ0n) is 18.6. The minimum absolute atomic E-state index is 0.0336. The van der Waals surface area contributed by atoms with E-state index in [0.29, 0.717) is 5.56 Å². The van der Waals surface area contributed by atoms with Crippen molar-refractivity contribution in [2.45, 2.75) is 64.1 Å². The zero-order valence-corrected chi connectivity index (χ0v) is 18.6. The van der Waals surface area contributed by atoms with Crippen LogP contribution in [0, 0.1) is 10.1 Å². The van der Waals surface area contributed by atoms with Gasteiger partial charge in [0.25, 0.3) is 5.69 Å². The lowest BCUT2D eigenvalue weighted by molar-refractivity contribution is -0.384. The number of rotatable bonds is 6. The van der Waals surface area contributed by atoms with Crippen LogP contribution < -0.4 is 10.6 Å². The Bertz CT molecular complexity index is 982. The van der Waals surface area contributed by atoms with Crippen molar-refractivity contribution in [2.75, 3.05) is 0 Å². The van der Waals surface area contributed by atoms with Gasteiger partial charge in [-0.2, -0.15) is 0 Å². The van der Waals surface area contributed by atoms with Gasteiger partial charge in [0.2, 0.25) is 5.91 Å². The molecular weight excluding hydrogens is 410 g/mol. The van der Waals surface area contributed by atoms with Gasteiger partial charge in [0, 0.05) is 18.6 Å². The normalized spacial score (nSPS) is 16.4. The fraction of sp³-hybridized carbons (Fsp3) is 0.417. The second-order valence-corrected chi connectivity index (χ2v) is 8.98. The summed E-state index contributed by atoms with van der Waals surface area (Å²) in [5.41, 5.74) is 2.26. The highest BCUT2D eigenvalue weighted by atomic mass is 16.6. The van der Waals surface area contributed by atoms with Crippen LogP contribution in [0.3, 0.4) is 0 Å². The van der Waals surface area contributed by atoms with Crippen LogP contribution in [-0.2, 0) is 22.4 Å². The first kappa shape index (κ1) is 23.2. The maximum absolute atomic E-state index is 13.2. The Kier molecular flexibility index (Phi) is 7.12. The van der Waals surface area contributed by atoms with Gasteiger partial charge < -0.3 is 15.4 Å². The van der Waals surface area contributed by atoms with Gasteiger partial charge in [-0.1, -0.05) is 36.4 Å². The summed E-state index contributed by atoms with van der Waals surface area (Å²) in [6.07, 6.45) is 2.25. The molecule has 0 bridgehead atoms. The molecule has 0 heterocycles. The number of ether oxygens (including phenoxy) is 1. The summed E-state index contributed by atoms with van der Waals surface area (Å²) in [6, 6.07) is 13.0. The third-order valence-corrected chi connectivity index (χ3v) is 5.28. The van der Waals surface area contributed by atoms with Crippen molar-refractivity contribution in [3.63, 3.8) is 0 Å². The van der Waals surface area contributed by atoms with Crippen molar-refractivity contribution in [3.8, 4) is 0 Å². The van der Waals surface area contributed by atoms with E-state index in [9.17, 15) is 19.7 Å². The Labute approximate surface area is 187 Å². The number of amides is 2. The molecule has 2 amide bonds. The van der Waals surface area contributed by atoms with Crippen molar-refractivity contribution >= 4 is 17.7 Å². The first-order chi connectivity index (χ1) is 15.1. The number of nitrogens with one attached hydrogen (secondary N) is 2. The second kappa shape index (κ2) is 9.80. The first-order valence-corrected chi connectivity index (χ1v) is 10.7. The highest BCUT2D eigenvalue weighted by molar-refractivity contribution is 5.86. The number of non-ortho nitro benzene ring substituents is 1. The number of benzene rings is 2. The van der Waals surface area contributed by atoms with Crippen LogP contribution in [0.2, 0.25) is 0 Å². The molecule has 1 aliphatic carbocycles. The van der Waals surface area contributed by atoms with E-state index in [1.54, 1.807) is 32.9 Å². The van der Waals surface area contributed by atoms with E-state index in [1.807, 2.05) is 18.2 Å². The Balaban J connectivity index is 1.77. The lowest BCUT2D eigenvalue weighted by atomic mass is 9.87. The summed E-state index contributed by atoms with van der Waals surface area (Å²) >= 11 is 0. The predicted octanol–water partition coefficient (Wildman–Crippen LogP) is 4.22. The number of nitro benzene ring substituents is 1. The van der Waals surface area contributed by atoms with E-state index >= 15 is 0 Å². The molecule has 3 rings (SSSR count). The Morgan fingerprint density at radius 2 is 1.84 bits per heavy atom. The molecule has 0 saturated heterocycles. The van der Waals surface area contributed by atoms with Gasteiger partial charge in [-0.15, -0.1) is 0 Å². The van der Waals surface area contributed by atoms with Crippen LogP contribution in [0.5, 0.6) is 0 Å². The lowest BCUT2D eigenvalue weighted by Crippen LogP contribution is -2.50. The molecule has 0 spiro atoms. The number of carbonyl (C=O) groups is 2. The van der Waals surface area contributed by atoms with Crippen LogP contribution in [0.25, 0.3) is 0 Å². The van der Waals surface area contributed by atoms with Crippen LogP contribution in [0.1, 0.15) is 56.3 Å². The first-order valence-electron chi connectivity index (χ1n) is 10.7. The molecule has 2 aromatic carbocycles. The van der Waals surface area contributed by atoms with Crippen LogP contribution in [0.15, 0.2) is 48.5 Å². The SMILES string of the molecule is CC(C)(C)OC(=O)N[C@@H](Cc1ccc([N+](=O)[O-])cc1)C(=O)N[C@@H]1CCCc2ccccc21. The molecule has 170 valence electrons. The average molecular weight is 440 g/mol. The molecule has 8 nitrogen and oxygen atoms in total. The number of hydrogen-bond acceptors (Lipinski definition) is 5. The van der Waals surface area contributed by atoms with Crippen molar-refractivity contribution < 1.29 is 19.2 Å². The van der Waals surface area contributed by atoms with Crippen LogP contribution >= 0.6 is 0 Å². The van der Waals surface area contributed by atoms with Gasteiger partial charge in [0.1, 0.15) is 11.6 Å². The van der Waals surface area contributed by atoms with Gasteiger partial charge in [-0.25, -0.2) is 4.79 Å². The monoisotopic (exact) mass is 439 g/mol. The fourth-order valence-corrected chi connectivity index (χ4v) is 3.82. The molecule has 0 radical (unpaired) electrons. The summed E-state index contributed by atoms with van der Waals surface area (Å²) in [4.78, 5) is 36.0. The lowest BCUT2D eigenvalue weighted by Gasteiger charge is -2.29. The second-order valence-electron chi connectivity index (χ2n) is 8.98. The predicted molar refractivity (Wildman–Crippen MR) is 120 cm³/mol. The van der Waals surface area contributed by atoms with Gasteiger partial charge in [-0.3, -0.25) is 14.9 Å². The molecular formula is C24H29N3O5. The van der Waals surface area contributed by atoms with E-state index in [2.05, 4.69) is 16.7 Å². The Hall–Kier alpha value is -3.42. The Morgan fingerprint density at radius 3 is 2.50 bits per heavy atom. The standard InChI is InChI=1S/C24H29N3O5/c1-24(2,3)32-23(29)26-21(15-16-11-13-18(14-12-16)27(30)31)22(28)25-20-10-6-8-17-7-4-5-9-19(17)20/h4-5,7,9,11-14,20-21H,6,8,10,15H2,1-3H3,(H,25,28)(H,26,29)/t20-,21+/m1/s1. The number of fused-ring (bicyclic) bond motifs is 1. The third-order valence-electron chi connectivity index (χ3n) is 5.28. The zero-order chi connectivity index (χ0) is 23.3. The minimum atomic E-state index is -0.889. The summed E-state index contributed by atoms with van der Waals surface area (Å²) < 4.78 is 5.33. The molecule has 0 fully saturated rings. The van der Waals surface area contributed by atoms with Crippen molar-refractivity contribution in [2.24, 2.45) is 0 Å². The quantitative estimate of drug-likeness (QED) is 0.517. The van der Waals surface area contributed by atoms with Crippen molar-refractivity contribution in [3.05, 3.63) is 75.3 Å². The van der Waals surface area contributed by atoms with Gasteiger partial charge >= 0.3 is 6.09 Å². The van der Waals surface area contributed by atoms with E-state index in [0.717, 1.165) is 24.8 Å². The topological polar surface area (TPSA) is 111 Å². The smallest absolute Gasteiger partial charge is 0.408 e. The number of carbonyl (C=O) groups excluding carboxylic acids is 2. The van der Waals surface area contributed by atoms with E-state index < -0.39 is 22.7 Å². The number of nitrogens with zero attached hydrogens (tertiary/aromatic N) is 1. The Morgan fingerprint density at radius 1 is 1.16 bits per heavy atom. The summed E-state index contributed by atoms with van der Waals surface area (Å²) in [7, 11) is 0. The number of alkyl carbamates (subject to hydrolysis) is 1. The maximum Gasteiger partial charge on any atom is 0.408 e. The summed E-state index contributed by atoms with van der Waals surface area (Å²) in [5, 5.41) is 16.7. The van der Waals surface area contributed by atoms with E-state index in [1.165, 1.54) is 17.7 Å². The van der Waals surface area contributed by atoms with E-state index in [4.69, 9.17) is 4.74 Å². The molecule has 2 N–H and O–H groups in total. The highest BCUT2D eigenvalue weighted by Crippen LogP contribution is 2.29. The number of aryl methyl sites for hydroxylation is 1. The molecule has 1 aliphatic rings. The number of hydrogen-bond donors (Lipinski definition) is 2. The van der Waals surface area contributed by atoms with E-state index in [-0.39, 0.29) is 24.1 Å². The van der Waals surface area contributed by atoms with Gasteiger partial charge in [-0.05, 0) is 56.7 Å². The minimum Gasteiger partial charge on any atom is -0.444 e. The molecule has 0 aromatic heterocycles. The fourth-order valence-electron chi connectivity index (χ4n) is 3.82. The van der Waals surface area contributed by atoms with Crippen molar-refractivity contribution in [1.82, 2.24) is 10.6 Å². The molecule has 0 unspecified atom stereocenters. The third kappa shape index (κ3) is 6.29. The molecule has 0 saturated carbocycles. The maximum atomic E-state index is 13.2. The highest BCUT2D eigenvalue weighted by Gasteiger charge is 2.28. The van der Waals surface area contributed by atoms with Gasteiger partial charge in [0.15, 0.2) is 0 Å². The molecule has 2 atom stereocenters. The van der Waals surface area contributed by atoms with Crippen LogP contribution in [0.4, 0.5) is 10.5 Å². The molecule has 8 heteroatoms. The van der Waals surface area contributed by atoms with Crippen LogP contribution in [-0.4, -0.2) is 28.6 Å². The summed E-state index contributed by atoms with van der Waals surface area (Å²) in [6.45, 7) is 5.24. The van der Waals surface area contributed by atoms with Crippen molar-refractivity contribution in [1.29, 1.82) is 0 Å². The summed E-state index contributed by atoms with van der Waals surface area (Å²) in [5.74, 6) is -0.323. The molecule has 0 aliphatic heterocycles. The number of nitro groups is 1. The molecule has 2 aromatic rings. The largest absolute Gasteiger partial charge is 0.444 e. The average Bonchev–Trinajstić information content (AvgIpc) is 2.72.